The molecule has 132 valence electrons. The zero-order chi connectivity index (χ0) is 18.2. The number of ether oxygens (including phenoxy) is 1. The lowest BCUT2D eigenvalue weighted by atomic mass is 9.47. The molecule has 6 nitrogen and oxygen atoms in total. The summed E-state index contributed by atoms with van der Waals surface area (Å²) in [5, 5.41) is 19.9. The number of aliphatic carboxylic acids is 2. The summed E-state index contributed by atoms with van der Waals surface area (Å²) in [5.41, 5.74) is -3.48. The number of hydrogen-bond donors (Lipinski definition) is 2. The highest BCUT2D eigenvalue weighted by Gasteiger charge is 2.66. The molecule has 2 rings (SSSR count). The first kappa shape index (κ1) is 18.2. The van der Waals surface area contributed by atoms with Crippen molar-refractivity contribution in [2.24, 2.45) is 16.2 Å². The Bertz CT molecular complexity index is 624. The van der Waals surface area contributed by atoms with E-state index in [2.05, 4.69) is 4.98 Å². The van der Waals surface area contributed by atoms with Crippen molar-refractivity contribution in [3.05, 3.63) is 24.5 Å². The second-order valence-corrected chi connectivity index (χ2v) is 7.76. The molecule has 0 aliphatic heterocycles. The fraction of sp³-hybridized carbons (Fsp3) is 0.611. The van der Waals surface area contributed by atoms with Crippen LogP contribution in [0, 0.1) is 16.2 Å². The fourth-order valence-electron chi connectivity index (χ4n) is 4.23. The smallest absolute Gasteiger partial charge is 0.311 e. The molecule has 0 saturated heterocycles. The van der Waals surface area contributed by atoms with E-state index in [1.807, 2.05) is 0 Å². The van der Waals surface area contributed by atoms with Crippen molar-refractivity contribution in [2.45, 2.75) is 53.1 Å². The van der Waals surface area contributed by atoms with Crippen molar-refractivity contribution in [3.63, 3.8) is 0 Å². The van der Waals surface area contributed by atoms with Crippen molar-refractivity contribution in [1.82, 2.24) is 4.98 Å². The van der Waals surface area contributed by atoms with E-state index in [0.717, 1.165) is 0 Å². The van der Waals surface area contributed by atoms with E-state index in [1.165, 1.54) is 6.92 Å². The van der Waals surface area contributed by atoms with Crippen molar-refractivity contribution >= 4 is 11.9 Å². The number of pyridine rings is 1. The van der Waals surface area contributed by atoms with E-state index >= 15 is 0 Å². The normalized spacial score (nSPS) is 30.6. The minimum atomic E-state index is -1.42. The second kappa shape index (κ2) is 6.07. The van der Waals surface area contributed by atoms with Crippen LogP contribution in [0.25, 0.3) is 0 Å². The van der Waals surface area contributed by atoms with Gasteiger partial charge in [0.05, 0.1) is 16.9 Å². The van der Waals surface area contributed by atoms with Crippen LogP contribution in [0.5, 0.6) is 5.75 Å². The van der Waals surface area contributed by atoms with Crippen molar-refractivity contribution in [3.8, 4) is 5.75 Å². The summed E-state index contributed by atoms with van der Waals surface area (Å²) >= 11 is 0. The highest BCUT2D eigenvalue weighted by Crippen LogP contribution is 2.60. The highest BCUT2D eigenvalue weighted by atomic mass is 16.5. The van der Waals surface area contributed by atoms with Gasteiger partial charge in [-0.15, -0.1) is 0 Å². The lowest BCUT2D eigenvalue weighted by Gasteiger charge is -2.54. The van der Waals surface area contributed by atoms with Crippen LogP contribution in [0.4, 0.5) is 0 Å². The van der Waals surface area contributed by atoms with Crippen LogP contribution in [0.1, 0.15) is 47.0 Å². The van der Waals surface area contributed by atoms with Gasteiger partial charge in [-0.05, 0) is 37.3 Å². The van der Waals surface area contributed by atoms with Crippen molar-refractivity contribution < 1.29 is 24.5 Å². The largest absolute Gasteiger partial charge is 0.490 e. The lowest BCUT2D eigenvalue weighted by Crippen LogP contribution is -2.61. The van der Waals surface area contributed by atoms with Gasteiger partial charge in [0.15, 0.2) is 0 Å². The summed E-state index contributed by atoms with van der Waals surface area (Å²) in [5.74, 6) is -1.54. The summed E-state index contributed by atoms with van der Waals surface area (Å²) < 4.78 is 5.89. The van der Waals surface area contributed by atoms with Gasteiger partial charge in [-0.1, -0.05) is 20.8 Å². The number of aromatic nitrogens is 1. The molecule has 0 bridgehead atoms. The van der Waals surface area contributed by atoms with Gasteiger partial charge >= 0.3 is 11.9 Å². The van der Waals surface area contributed by atoms with Crippen LogP contribution in [-0.4, -0.2) is 33.2 Å². The zero-order valence-corrected chi connectivity index (χ0v) is 14.6. The fourth-order valence-corrected chi connectivity index (χ4v) is 4.23. The van der Waals surface area contributed by atoms with Crippen LogP contribution in [0.15, 0.2) is 24.5 Å². The molecule has 1 saturated carbocycles. The maximum Gasteiger partial charge on any atom is 0.311 e. The van der Waals surface area contributed by atoms with E-state index < -0.39 is 28.2 Å². The van der Waals surface area contributed by atoms with E-state index in [1.54, 1.807) is 45.3 Å². The SMILES string of the molecule is CC(C)(C)[C@]1(C(=O)O)CC[C@@H](Oc2ccncc2)C[C@]1(C)C(=O)O. The molecule has 0 amide bonds. The third kappa shape index (κ3) is 2.74. The van der Waals surface area contributed by atoms with Gasteiger partial charge in [-0.3, -0.25) is 14.6 Å². The predicted molar refractivity (Wildman–Crippen MR) is 87.8 cm³/mol. The number of carboxylic acids is 2. The topological polar surface area (TPSA) is 96.7 Å². The van der Waals surface area contributed by atoms with E-state index in [-0.39, 0.29) is 18.9 Å². The van der Waals surface area contributed by atoms with Gasteiger partial charge in [-0.2, -0.15) is 0 Å². The molecule has 3 atom stereocenters. The number of hydrogen-bond acceptors (Lipinski definition) is 4. The maximum absolute atomic E-state index is 12.2. The molecule has 0 spiro atoms. The third-order valence-corrected chi connectivity index (χ3v) is 5.49. The molecule has 1 fully saturated rings. The molecular weight excluding hydrogens is 310 g/mol. The molecule has 0 radical (unpaired) electrons. The Morgan fingerprint density at radius 1 is 1.21 bits per heavy atom. The quantitative estimate of drug-likeness (QED) is 0.877. The van der Waals surface area contributed by atoms with E-state index in [9.17, 15) is 19.8 Å². The Labute approximate surface area is 141 Å². The summed E-state index contributed by atoms with van der Waals surface area (Å²) in [6.07, 6.45) is 3.76. The molecule has 6 heteroatoms. The zero-order valence-electron chi connectivity index (χ0n) is 14.6. The number of carbonyl (C=O) groups is 2. The molecule has 1 aliphatic rings. The van der Waals surface area contributed by atoms with Crippen LogP contribution in [-0.2, 0) is 9.59 Å². The summed E-state index contributed by atoms with van der Waals surface area (Å²) in [6.45, 7) is 6.93. The molecule has 1 heterocycles. The minimum absolute atomic E-state index is 0.147. The van der Waals surface area contributed by atoms with Crippen molar-refractivity contribution in [1.29, 1.82) is 0 Å². The van der Waals surface area contributed by atoms with Gasteiger partial charge in [0, 0.05) is 18.8 Å². The molecule has 1 aliphatic carbocycles. The molecule has 1 aromatic rings. The molecule has 0 unspecified atom stereocenters. The van der Waals surface area contributed by atoms with Gasteiger partial charge in [-0.25, -0.2) is 0 Å². The average Bonchev–Trinajstić information content (AvgIpc) is 2.46. The van der Waals surface area contributed by atoms with Gasteiger partial charge in [0.2, 0.25) is 0 Å². The Kier molecular flexibility index (Phi) is 4.61. The standard InChI is InChI=1S/C18H25NO5/c1-16(2,3)18(15(22)23)8-5-13(11-17(18,4)14(20)21)24-12-6-9-19-10-7-12/h6-7,9-10,13H,5,8,11H2,1-4H3,(H,20,21)(H,22,23)/t13-,17-,18-/m1/s1. The number of nitrogens with zero attached hydrogens (tertiary/aromatic N) is 1. The Hall–Kier alpha value is -2.11. The summed E-state index contributed by atoms with van der Waals surface area (Å²) in [7, 11) is 0. The monoisotopic (exact) mass is 335 g/mol. The Balaban J connectivity index is 2.39. The predicted octanol–water partition coefficient (Wildman–Crippen LogP) is 3.22. The van der Waals surface area contributed by atoms with Crippen molar-refractivity contribution in [2.75, 3.05) is 0 Å². The lowest BCUT2D eigenvalue weighted by molar-refractivity contribution is -0.197. The summed E-state index contributed by atoms with van der Waals surface area (Å²) in [6, 6.07) is 3.42. The summed E-state index contributed by atoms with van der Waals surface area (Å²) in [4.78, 5) is 28.2. The average molecular weight is 335 g/mol. The van der Waals surface area contributed by atoms with Gasteiger partial charge in [0.25, 0.3) is 0 Å². The second-order valence-electron chi connectivity index (χ2n) is 7.76. The number of carboxylic acid groups (broad SMARTS) is 2. The molecular formula is C18H25NO5. The first-order valence-corrected chi connectivity index (χ1v) is 8.08. The van der Waals surface area contributed by atoms with Crippen LogP contribution in [0.2, 0.25) is 0 Å². The maximum atomic E-state index is 12.2. The molecule has 1 aromatic heterocycles. The van der Waals surface area contributed by atoms with Crippen LogP contribution >= 0.6 is 0 Å². The molecule has 0 aromatic carbocycles. The minimum Gasteiger partial charge on any atom is -0.490 e. The third-order valence-electron chi connectivity index (χ3n) is 5.49. The molecule has 2 N–H and O–H groups in total. The van der Waals surface area contributed by atoms with Gasteiger partial charge in [0.1, 0.15) is 5.75 Å². The first-order chi connectivity index (χ1) is 11.0. The van der Waals surface area contributed by atoms with E-state index in [4.69, 9.17) is 4.74 Å². The van der Waals surface area contributed by atoms with Gasteiger partial charge < -0.3 is 14.9 Å². The van der Waals surface area contributed by atoms with E-state index in [0.29, 0.717) is 12.2 Å². The Morgan fingerprint density at radius 3 is 2.25 bits per heavy atom. The van der Waals surface area contributed by atoms with Crippen LogP contribution < -0.4 is 4.74 Å². The Morgan fingerprint density at radius 2 is 1.79 bits per heavy atom. The van der Waals surface area contributed by atoms with Crippen LogP contribution in [0.3, 0.4) is 0 Å². The highest BCUT2D eigenvalue weighted by molar-refractivity contribution is 5.87. The first-order valence-electron chi connectivity index (χ1n) is 8.08. The number of rotatable bonds is 4. The molecule has 24 heavy (non-hydrogen) atoms.